The number of aromatic nitrogens is 1. The van der Waals surface area contributed by atoms with Crippen LogP contribution in [0.3, 0.4) is 0 Å². The second-order valence-electron chi connectivity index (χ2n) is 4.35. The van der Waals surface area contributed by atoms with Gasteiger partial charge < -0.3 is 10.6 Å². The number of pyridine rings is 1. The molecule has 1 heterocycles. The molecule has 0 aliphatic carbocycles. The summed E-state index contributed by atoms with van der Waals surface area (Å²) in [6.07, 6.45) is 5.11. The lowest BCUT2D eigenvalue weighted by atomic mass is 10.1. The zero-order chi connectivity index (χ0) is 16.8. The van der Waals surface area contributed by atoms with Crippen LogP contribution in [0.2, 0.25) is 10.2 Å². The number of para-hydroxylation sites is 1. The number of amides is 2. The average molecular weight is 348 g/mol. The number of hydrogen-bond acceptors (Lipinski definition) is 3. The van der Waals surface area contributed by atoms with E-state index in [-0.39, 0.29) is 28.0 Å². The summed E-state index contributed by atoms with van der Waals surface area (Å²) in [4.78, 5) is 28.2. The van der Waals surface area contributed by atoms with E-state index in [2.05, 4.69) is 21.5 Å². The number of anilines is 1. The minimum Gasteiger partial charge on any atom is -0.341 e. The van der Waals surface area contributed by atoms with Gasteiger partial charge in [0.05, 0.1) is 22.8 Å². The lowest BCUT2D eigenvalue weighted by molar-refractivity contribution is 0.0959. The minimum absolute atomic E-state index is 0.0296. The van der Waals surface area contributed by atoms with Crippen molar-refractivity contribution in [2.24, 2.45) is 0 Å². The molecule has 0 fully saturated rings. The van der Waals surface area contributed by atoms with Crippen LogP contribution in [-0.4, -0.2) is 23.3 Å². The Balaban J connectivity index is 2.26. The number of rotatable bonds is 4. The molecule has 0 aliphatic heterocycles. The molecular weight excluding hydrogens is 337 g/mol. The number of carbonyl (C=O) groups is 2. The maximum atomic E-state index is 12.3. The summed E-state index contributed by atoms with van der Waals surface area (Å²) < 4.78 is 0. The first kappa shape index (κ1) is 16.8. The summed E-state index contributed by atoms with van der Waals surface area (Å²) in [7, 11) is 0. The van der Waals surface area contributed by atoms with Gasteiger partial charge in [-0.15, -0.1) is 6.42 Å². The van der Waals surface area contributed by atoms with Crippen molar-refractivity contribution in [3.8, 4) is 12.3 Å². The molecule has 2 N–H and O–H groups in total. The van der Waals surface area contributed by atoms with Crippen LogP contribution in [0, 0.1) is 12.3 Å². The van der Waals surface area contributed by atoms with Gasteiger partial charge in [-0.1, -0.05) is 41.3 Å². The van der Waals surface area contributed by atoms with Crippen molar-refractivity contribution >= 4 is 40.7 Å². The van der Waals surface area contributed by atoms with Crippen molar-refractivity contribution in [2.45, 2.75) is 0 Å². The number of carbonyl (C=O) groups excluding carboxylic acids is 2. The number of halogens is 2. The molecule has 23 heavy (non-hydrogen) atoms. The largest absolute Gasteiger partial charge is 0.341 e. The first-order valence-electron chi connectivity index (χ1n) is 6.47. The highest BCUT2D eigenvalue weighted by Crippen LogP contribution is 2.20. The molecular formula is C16H11Cl2N3O2. The molecule has 116 valence electrons. The SMILES string of the molecule is C#CCNC(=O)c1ccccc1NC(=O)c1nc(Cl)ccc1Cl. The first-order chi connectivity index (χ1) is 11.0. The third kappa shape index (κ3) is 4.22. The Labute approximate surface area is 143 Å². The Morgan fingerprint density at radius 2 is 1.87 bits per heavy atom. The van der Waals surface area contributed by atoms with Crippen LogP contribution in [0.25, 0.3) is 0 Å². The topological polar surface area (TPSA) is 71.1 Å². The molecule has 0 bridgehead atoms. The van der Waals surface area contributed by atoms with Gasteiger partial charge in [-0.05, 0) is 24.3 Å². The van der Waals surface area contributed by atoms with Crippen molar-refractivity contribution in [2.75, 3.05) is 11.9 Å². The van der Waals surface area contributed by atoms with Gasteiger partial charge in [0.15, 0.2) is 0 Å². The Kier molecular flexibility index (Phi) is 5.58. The molecule has 0 atom stereocenters. The van der Waals surface area contributed by atoms with Gasteiger partial charge in [-0.3, -0.25) is 9.59 Å². The molecule has 0 saturated heterocycles. The van der Waals surface area contributed by atoms with Gasteiger partial charge in [0.2, 0.25) is 0 Å². The van der Waals surface area contributed by atoms with Crippen LogP contribution < -0.4 is 10.6 Å². The average Bonchev–Trinajstić information content (AvgIpc) is 2.55. The Bertz CT molecular complexity index is 800. The molecule has 0 radical (unpaired) electrons. The normalized spacial score (nSPS) is 9.78. The van der Waals surface area contributed by atoms with Gasteiger partial charge in [-0.25, -0.2) is 4.98 Å². The van der Waals surface area contributed by atoms with Crippen molar-refractivity contribution in [1.29, 1.82) is 0 Å². The fraction of sp³-hybridized carbons (Fsp3) is 0.0625. The van der Waals surface area contributed by atoms with Crippen molar-refractivity contribution < 1.29 is 9.59 Å². The van der Waals surface area contributed by atoms with E-state index in [1.807, 2.05) is 0 Å². The van der Waals surface area contributed by atoms with Crippen LogP contribution in [-0.2, 0) is 0 Å². The third-order valence-electron chi connectivity index (χ3n) is 2.80. The van der Waals surface area contributed by atoms with Gasteiger partial charge in [-0.2, -0.15) is 0 Å². The molecule has 5 nitrogen and oxygen atoms in total. The summed E-state index contributed by atoms with van der Waals surface area (Å²) in [6.45, 7) is 0.0861. The molecule has 0 spiro atoms. The van der Waals surface area contributed by atoms with Crippen LogP contribution in [0.1, 0.15) is 20.8 Å². The smallest absolute Gasteiger partial charge is 0.275 e. The lowest BCUT2D eigenvalue weighted by Crippen LogP contribution is -2.25. The van der Waals surface area contributed by atoms with E-state index in [0.717, 1.165) is 0 Å². The van der Waals surface area contributed by atoms with Crippen molar-refractivity contribution in [3.05, 3.63) is 57.8 Å². The number of nitrogens with one attached hydrogen (secondary N) is 2. The van der Waals surface area contributed by atoms with E-state index in [1.165, 1.54) is 12.1 Å². The molecule has 0 saturated carbocycles. The molecule has 2 aromatic rings. The molecule has 7 heteroatoms. The number of terminal acetylenes is 1. The fourth-order valence-electron chi connectivity index (χ4n) is 1.78. The first-order valence-corrected chi connectivity index (χ1v) is 7.22. The van der Waals surface area contributed by atoms with E-state index >= 15 is 0 Å². The zero-order valence-corrected chi connectivity index (χ0v) is 13.3. The Morgan fingerprint density at radius 1 is 1.13 bits per heavy atom. The highest BCUT2D eigenvalue weighted by atomic mass is 35.5. The van der Waals surface area contributed by atoms with E-state index in [9.17, 15) is 9.59 Å². The predicted octanol–water partition coefficient (Wildman–Crippen LogP) is 3.00. The van der Waals surface area contributed by atoms with Crippen LogP contribution in [0.15, 0.2) is 36.4 Å². The molecule has 0 aliphatic rings. The number of benzene rings is 1. The predicted molar refractivity (Wildman–Crippen MR) is 89.8 cm³/mol. The maximum absolute atomic E-state index is 12.3. The monoisotopic (exact) mass is 347 g/mol. The Morgan fingerprint density at radius 3 is 2.61 bits per heavy atom. The van der Waals surface area contributed by atoms with Gasteiger partial charge in [0.25, 0.3) is 11.8 Å². The molecule has 1 aromatic carbocycles. The standard InChI is InChI=1S/C16H11Cl2N3O2/c1-2-9-19-15(22)10-5-3-4-6-12(10)20-16(23)14-11(17)7-8-13(18)21-14/h1,3-8H,9H2,(H,19,22)(H,20,23). The van der Waals surface area contributed by atoms with Crippen LogP contribution >= 0.6 is 23.2 Å². The second kappa shape index (κ2) is 7.63. The van der Waals surface area contributed by atoms with E-state index < -0.39 is 11.8 Å². The minimum atomic E-state index is -0.574. The van der Waals surface area contributed by atoms with Gasteiger partial charge >= 0.3 is 0 Å². The molecule has 0 unspecified atom stereocenters. The lowest BCUT2D eigenvalue weighted by Gasteiger charge is -2.11. The molecule has 2 amide bonds. The summed E-state index contributed by atoms with van der Waals surface area (Å²) in [5.74, 6) is 1.33. The van der Waals surface area contributed by atoms with Crippen LogP contribution in [0.4, 0.5) is 5.69 Å². The fourth-order valence-corrected chi connectivity index (χ4v) is 2.11. The van der Waals surface area contributed by atoms with E-state index in [1.54, 1.807) is 24.3 Å². The summed E-state index contributed by atoms with van der Waals surface area (Å²) in [5, 5.41) is 5.42. The summed E-state index contributed by atoms with van der Waals surface area (Å²) >= 11 is 11.7. The van der Waals surface area contributed by atoms with E-state index in [0.29, 0.717) is 5.69 Å². The van der Waals surface area contributed by atoms with Crippen LogP contribution in [0.5, 0.6) is 0 Å². The quantitative estimate of drug-likeness (QED) is 0.659. The van der Waals surface area contributed by atoms with Gasteiger partial charge in [0, 0.05) is 0 Å². The highest BCUT2D eigenvalue weighted by Gasteiger charge is 2.17. The summed E-state index contributed by atoms with van der Waals surface area (Å²) in [6, 6.07) is 9.44. The van der Waals surface area contributed by atoms with Crippen molar-refractivity contribution in [1.82, 2.24) is 10.3 Å². The third-order valence-corrected chi connectivity index (χ3v) is 3.31. The maximum Gasteiger partial charge on any atom is 0.275 e. The molecule has 1 aromatic heterocycles. The molecule has 2 rings (SSSR count). The van der Waals surface area contributed by atoms with Crippen molar-refractivity contribution in [3.63, 3.8) is 0 Å². The zero-order valence-electron chi connectivity index (χ0n) is 11.8. The van der Waals surface area contributed by atoms with E-state index in [4.69, 9.17) is 29.6 Å². The highest BCUT2D eigenvalue weighted by molar-refractivity contribution is 6.35. The second-order valence-corrected chi connectivity index (χ2v) is 5.15. The van der Waals surface area contributed by atoms with Gasteiger partial charge in [0.1, 0.15) is 10.8 Å². The number of hydrogen-bond donors (Lipinski definition) is 2. The summed E-state index contributed by atoms with van der Waals surface area (Å²) in [5.41, 5.74) is 0.553. The number of nitrogens with zero attached hydrogens (tertiary/aromatic N) is 1. The Hall–Kier alpha value is -2.55.